The summed E-state index contributed by atoms with van der Waals surface area (Å²) < 4.78 is 19.1. The fourth-order valence-corrected chi connectivity index (χ4v) is 2.65. The molecule has 1 amide bonds. The van der Waals surface area contributed by atoms with Crippen LogP contribution < -0.4 is 10.1 Å². The second-order valence-corrected chi connectivity index (χ2v) is 5.95. The number of aromatic nitrogens is 1. The fraction of sp³-hybridized carbons (Fsp3) is 0.333. The fourth-order valence-electron chi connectivity index (χ4n) is 2.65. The van der Waals surface area contributed by atoms with Crippen LogP contribution in [-0.2, 0) is 0 Å². The van der Waals surface area contributed by atoms with E-state index < -0.39 is 5.82 Å². The molecule has 1 atom stereocenters. The van der Waals surface area contributed by atoms with Crippen LogP contribution in [0.3, 0.4) is 0 Å². The molecule has 2 heterocycles. The van der Waals surface area contributed by atoms with Crippen molar-refractivity contribution in [3.05, 3.63) is 59.2 Å². The molecule has 1 aromatic carbocycles. The molecule has 1 aliphatic rings. The molecule has 5 heteroatoms. The Hall–Kier alpha value is -2.43. The number of fused-ring (bicyclic) bond motifs is 1. The Kier molecular flexibility index (Phi) is 4.28. The summed E-state index contributed by atoms with van der Waals surface area (Å²) >= 11 is 0. The third kappa shape index (κ3) is 3.18. The molecule has 3 rings (SSSR count). The van der Waals surface area contributed by atoms with E-state index in [4.69, 9.17) is 4.74 Å². The lowest BCUT2D eigenvalue weighted by Crippen LogP contribution is -2.32. The first-order valence-corrected chi connectivity index (χ1v) is 7.74. The van der Waals surface area contributed by atoms with Crippen molar-refractivity contribution >= 4 is 5.91 Å². The van der Waals surface area contributed by atoms with Crippen LogP contribution in [-0.4, -0.2) is 17.5 Å². The van der Waals surface area contributed by atoms with E-state index in [9.17, 15) is 9.18 Å². The highest BCUT2D eigenvalue weighted by Crippen LogP contribution is 2.34. The molecule has 0 saturated carbocycles. The van der Waals surface area contributed by atoms with Gasteiger partial charge in [-0.25, -0.2) is 4.39 Å². The molecule has 0 radical (unpaired) electrons. The van der Waals surface area contributed by atoms with Gasteiger partial charge in [-0.2, -0.15) is 0 Å². The highest BCUT2D eigenvalue weighted by atomic mass is 19.1. The van der Waals surface area contributed by atoms with Gasteiger partial charge in [-0.05, 0) is 23.6 Å². The molecule has 1 aliphatic heterocycles. The number of carbonyl (C=O) groups excluding carboxylic acids is 1. The van der Waals surface area contributed by atoms with Crippen molar-refractivity contribution in [2.45, 2.75) is 32.2 Å². The molecule has 0 spiro atoms. The highest BCUT2D eigenvalue weighted by Gasteiger charge is 2.25. The normalized spacial score (nSPS) is 16.6. The number of carbonyl (C=O) groups is 1. The number of ether oxygens (including phenoxy) is 1. The second kappa shape index (κ2) is 6.36. The number of nitrogens with zero attached hydrogens (tertiary/aromatic N) is 1. The molecule has 120 valence electrons. The van der Waals surface area contributed by atoms with Crippen LogP contribution in [0.4, 0.5) is 4.39 Å². The average Bonchev–Trinajstić information content (AvgIpc) is 2.56. The van der Waals surface area contributed by atoms with E-state index in [1.165, 1.54) is 6.07 Å². The Morgan fingerprint density at radius 2 is 2.17 bits per heavy atom. The molecule has 1 N–H and O–H groups in total. The zero-order chi connectivity index (χ0) is 16.4. The van der Waals surface area contributed by atoms with E-state index in [0.717, 1.165) is 5.56 Å². The zero-order valence-electron chi connectivity index (χ0n) is 13.2. The lowest BCUT2D eigenvalue weighted by atomic mass is 10.00. The second-order valence-electron chi connectivity index (χ2n) is 5.95. The number of nitrogens with one attached hydrogen (secondary N) is 1. The van der Waals surface area contributed by atoms with Gasteiger partial charge in [-0.1, -0.05) is 32.0 Å². The van der Waals surface area contributed by atoms with Crippen molar-refractivity contribution < 1.29 is 13.9 Å². The van der Waals surface area contributed by atoms with Gasteiger partial charge in [-0.15, -0.1) is 0 Å². The first-order valence-electron chi connectivity index (χ1n) is 7.74. The average molecular weight is 314 g/mol. The SMILES string of the molecule is CC(C)c1ccc(C(=O)NC2CCOc3c(F)cccc32)nc1. The smallest absolute Gasteiger partial charge is 0.270 e. The Morgan fingerprint density at radius 3 is 2.87 bits per heavy atom. The van der Waals surface area contributed by atoms with Crippen LogP contribution in [0.15, 0.2) is 36.5 Å². The summed E-state index contributed by atoms with van der Waals surface area (Å²) in [7, 11) is 0. The maximum absolute atomic E-state index is 13.8. The topological polar surface area (TPSA) is 51.2 Å². The largest absolute Gasteiger partial charge is 0.490 e. The summed E-state index contributed by atoms with van der Waals surface area (Å²) in [6.07, 6.45) is 2.32. The zero-order valence-corrected chi connectivity index (χ0v) is 13.2. The Morgan fingerprint density at radius 1 is 1.35 bits per heavy atom. The first kappa shape index (κ1) is 15.5. The van der Waals surface area contributed by atoms with E-state index in [-0.39, 0.29) is 17.7 Å². The van der Waals surface area contributed by atoms with Gasteiger partial charge in [0.1, 0.15) is 5.69 Å². The molecular formula is C18H19FN2O2. The monoisotopic (exact) mass is 314 g/mol. The Balaban J connectivity index is 1.78. The number of hydrogen-bond acceptors (Lipinski definition) is 3. The van der Waals surface area contributed by atoms with Gasteiger partial charge in [0.2, 0.25) is 0 Å². The van der Waals surface area contributed by atoms with E-state index in [2.05, 4.69) is 24.1 Å². The summed E-state index contributed by atoms with van der Waals surface area (Å²) in [5.41, 5.74) is 2.11. The van der Waals surface area contributed by atoms with Gasteiger partial charge in [0, 0.05) is 18.2 Å². The van der Waals surface area contributed by atoms with Crippen LogP contribution in [0.25, 0.3) is 0 Å². The molecule has 1 aromatic heterocycles. The third-order valence-electron chi connectivity index (χ3n) is 4.02. The molecule has 0 bridgehead atoms. The molecule has 1 unspecified atom stereocenters. The van der Waals surface area contributed by atoms with Crippen LogP contribution in [0.2, 0.25) is 0 Å². The number of pyridine rings is 1. The predicted molar refractivity (Wildman–Crippen MR) is 85.0 cm³/mol. The van der Waals surface area contributed by atoms with Gasteiger partial charge in [0.25, 0.3) is 5.91 Å². The summed E-state index contributed by atoms with van der Waals surface area (Å²) in [6.45, 7) is 4.52. The molecule has 23 heavy (non-hydrogen) atoms. The molecule has 4 nitrogen and oxygen atoms in total. The lowest BCUT2D eigenvalue weighted by molar-refractivity contribution is 0.0918. The highest BCUT2D eigenvalue weighted by molar-refractivity contribution is 5.92. The standard InChI is InChI=1S/C18H19FN2O2/c1-11(2)12-6-7-16(20-10-12)18(22)21-15-8-9-23-17-13(15)4-3-5-14(17)19/h3-7,10-11,15H,8-9H2,1-2H3,(H,21,22). The predicted octanol–water partition coefficient (Wildman–Crippen LogP) is 3.60. The van der Waals surface area contributed by atoms with Crippen molar-refractivity contribution in [1.29, 1.82) is 0 Å². The molecule has 0 saturated heterocycles. The third-order valence-corrected chi connectivity index (χ3v) is 4.02. The van der Waals surface area contributed by atoms with Crippen molar-refractivity contribution in [3.8, 4) is 5.75 Å². The minimum Gasteiger partial charge on any atom is -0.490 e. The van der Waals surface area contributed by atoms with Crippen LogP contribution >= 0.6 is 0 Å². The maximum atomic E-state index is 13.8. The maximum Gasteiger partial charge on any atom is 0.270 e. The number of halogens is 1. The Labute approximate surface area is 134 Å². The lowest BCUT2D eigenvalue weighted by Gasteiger charge is -2.26. The first-order chi connectivity index (χ1) is 11.1. The van der Waals surface area contributed by atoms with E-state index in [0.29, 0.717) is 30.2 Å². The van der Waals surface area contributed by atoms with Gasteiger partial charge in [-0.3, -0.25) is 9.78 Å². The molecule has 0 fully saturated rings. The van der Waals surface area contributed by atoms with E-state index >= 15 is 0 Å². The minimum absolute atomic E-state index is 0.229. The summed E-state index contributed by atoms with van der Waals surface area (Å²) in [4.78, 5) is 16.6. The molecular weight excluding hydrogens is 295 g/mol. The van der Waals surface area contributed by atoms with Gasteiger partial charge >= 0.3 is 0 Å². The van der Waals surface area contributed by atoms with Gasteiger partial charge < -0.3 is 10.1 Å². The quantitative estimate of drug-likeness (QED) is 0.942. The van der Waals surface area contributed by atoms with Gasteiger partial charge in [0.05, 0.1) is 12.6 Å². The number of hydrogen-bond donors (Lipinski definition) is 1. The minimum atomic E-state index is -0.402. The summed E-state index contributed by atoms with van der Waals surface area (Å²) in [6, 6.07) is 8.11. The summed E-state index contributed by atoms with van der Waals surface area (Å²) in [5.74, 6) is -0.0691. The van der Waals surface area contributed by atoms with Crippen molar-refractivity contribution in [1.82, 2.24) is 10.3 Å². The van der Waals surface area contributed by atoms with E-state index in [1.807, 2.05) is 6.07 Å². The molecule has 0 aliphatic carbocycles. The number of benzene rings is 1. The van der Waals surface area contributed by atoms with Crippen LogP contribution in [0.1, 0.15) is 53.8 Å². The van der Waals surface area contributed by atoms with Crippen LogP contribution in [0, 0.1) is 5.82 Å². The van der Waals surface area contributed by atoms with Crippen LogP contribution in [0.5, 0.6) is 5.75 Å². The van der Waals surface area contributed by atoms with Crippen molar-refractivity contribution in [2.24, 2.45) is 0 Å². The Bertz CT molecular complexity index is 713. The van der Waals surface area contributed by atoms with E-state index in [1.54, 1.807) is 24.4 Å². The van der Waals surface area contributed by atoms with Crippen molar-refractivity contribution in [3.63, 3.8) is 0 Å². The van der Waals surface area contributed by atoms with Gasteiger partial charge in [0.15, 0.2) is 11.6 Å². The number of rotatable bonds is 3. The number of amides is 1. The molecule has 2 aromatic rings. The van der Waals surface area contributed by atoms with Crippen molar-refractivity contribution in [2.75, 3.05) is 6.61 Å². The summed E-state index contributed by atoms with van der Waals surface area (Å²) in [5, 5.41) is 2.92. The number of para-hydroxylation sites is 1.